The number of aromatic nitrogens is 4. The Kier molecular flexibility index (Phi) is 5.92. The third kappa shape index (κ3) is 5.04. The molecular formula is C19H13F6N5O2. The number of ether oxygens (including phenoxy) is 1. The van der Waals surface area contributed by atoms with Crippen molar-refractivity contribution in [2.24, 2.45) is 5.73 Å². The molecule has 0 atom stereocenters. The Balaban J connectivity index is 2.04. The Labute approximate surface area is 176 Å². The van der Waals surface area contributed by atoms with Gasteiger partial charge < -0.3 is 10.5 Å². The minimum Gasteiger partial charge on any atom is -0.481 e. The van der Waals surface area contributed by atoms with Gasteiger partial charge in [-0.2, -0.15) is 26.3 Å². The molecule has 0 aliphatic heterocycles. The number of carbonyl (C=O) groups is 1. The predicted molar refractivity (Wildman–Crippen MR) is 99.6 cm³/mol. The van der Waals surface area contributed by atoms with Gasteiger partial charge in [-0.3, -0.25) is 4.79 Å². The van der Waals surface area contributed by atoms with Gasteiger partial charge in [0.1, 0.15) is 6.33 Å². The van der Waals surface area contributed by atoms with Crippen molar-refractivity contribution >= 4 is 17.7 Å². The highest BCUT2D eigenvalue weighted by atomic mass is 19.4. The molecule has 168 valence electrons. The predicted octanol–water partition coefficient (Wildman–Crippen LogP) is 3.87. The van der Waals surface area contributed by atoms with Crippen LogP contribution in [0.25, 0.3) is 23.2 Å². The molecule has 0 aliphatic rings. The minimum absolute atomic E-state index is 0.00225. The number of pyridine rings is 1. The van der Waals surface area contributed by atoms with Crippen molar-refractivity contribution in [1.82, 2.24) is 19.7 Å². The molecule has 2 aromatic heterocycles. The van der Waals surface area contributed by atoms with E-state index in [1.165, 1.54) is 25.4 Å². The summed E-state index contributed by atoms with van der Waals surface area (Å²) in [5.74, 6) is -1.03. The van der Waals surface area contributed by atoms with Crippen LogP contribution in [0.15, 0.2) is 42.9 Å². The highest BCUT2D eigenvalue weighted by molar-refractivity contribution is 6.22. The van der Waals surface area contributed by atoms with Crippen molar-refractivity contribution in [3.63, 3.8) is 0 Å². The number of nitrogens with two attached hydrogens (primary N) is 1. The van der Waals surface area contributed by atoms with E-state index in [1.54, 1.807) is 0 Å². The van der Waals surface area contributed by atoms with Gasteiger partial charge in [-0.05, 0) is 24.3 Å². The van der Waals surface area contributed by atoms with Crippen molar-refractivity contribution in [2.45, 2.75) is 12.4 Å². The quantitative estimate of drug-likeness (QED) is 0.464. The molecule has 32 heavy (non-hydrogen) atoms. The summed E-state index contributed by atoms with van der Waals surface area (Å²) in [6.45, 7) is 0. The molecule has 0 saturated carbocycles. The first kappa shape index (κ1) is 22.8. The molecule has 7 nitrogen and oxygen atoms in total. The number of carbonyl (C=O) groups excluding carboxylic acids is 1. The lowest BCUT2D eigenvalue weighted by atomic mass is 10.0. The summed E-state index contributed by atoms with van der Waals surface area (Å²) in [4.78, 5) is 19.5. The van der Waals surface area contributed by atoms with E-state index in [0.717, 1.165) is 17.2 Å². The lowest BCUT2D eigenvalue weighted by Crippen LogP contribution is -2.14. The fourth-order valence-electron chi connectivity index (χ4n) is 2.63. The number of amides is 1. The molecule has 0 saturated heterocycles. The van der Waals surface area contributed by atoms with Gasteiger partial charge in [0.2, 0.25) is 5.88 Å². The molecule has 1 amide bonds. The highest BCUT2D eigenvalue weighted by Gasteiger charge is 2.37. The first-order chi connectivity index (χ1) is 14.9. The molecule has 2 heterocycles. The third-order valence-corrected chi connectivity index (χ3v) is 4.14. The van der Waals surface area contributed by atoms with Gasteiger partial charge in [-0.15, -0.1) is 5.10 Å². The maximum Gasteiger partial charge on any atom is 0.416 e. The molecule has 0 spiro atoms. The van der Waals surface area contributed by atoms with Crippen molar-refractivity contribution in [1.29, 1.82) is 0 Å². The molecule has 13 heteroatoms. The smallest absolute Gasteiger partial charge is 0.416 e. The average Bonchev–Trinajstić information content (AvgIpc) is 3.19. The zero-order valence-electron chi connectivity index (χ0n) is 16.1. The Morgan fingerprint density at radius 1 is 1.03 bits per heavy atom. The number of primary amides is 1. The Bertz CT molecular complexity index is 1130. The lowest BCUT2D eigenvalue weighted by molar-refractivity contribution is -0.143. The van der Waals surface area contributed by atoms with Crippen molar-refractivity contribution in [3.8, 4) is 17.3 Å². The average molecular weight is 457 g/mol. The van der Waals surface area contributed by atoms with Crippen LogP contribution in [0, 0.1) is 0 Å². The van der Waals surface area contributed by atoms with Crippen LogP contribution in [-0.4, -0.2) is 32.8 Å². The molecule has 3 aromatic rings. The van der Waals surface area contributed by atoms with Crippen LogP contribution < -0.4 is 10.5 Å². The number of halogens is 6. The monoisotopic (exact) mass is 457 g/mol. The standard InChI is InChI=1S/C19H13F6N5O2/c1-32-15-3-2-10(7-27-15)14(16(26)31)8-30-9-28-17(29-30)11-4-12(18(20,21)22)6-13(5-11)19(23,24)25/h2-9H,1H3,(H2,26,31)/b14-8+. The van der Waals surface area contributed by atoms with Gasteiger partial charge >= 0.3 is 12.4 Å². The Morgan fingerprint density at radius 3 is 2.12 bits per heavy atom. The second-order valence-electron chi connectivity index (χ2n) is 6.34. The van der Waals surface area contributed by atoms with Gasteiger partial charge in [0.25, 0.3) is 5.91 Å². The van der Waals surface area contributed by atoms with E-state index in [9.17, 15) is 31.1 Å². The lowest BCUT2D eigenvalue weighted by Gasteiger charge is -2.13. The maximum absolute atomic E-state index is 13.1. The van der Waals surface area contributed by atoms with E-state index >= 15 is 0 Å². The van der Waals surface area contributed by atoms with Gasteiger partial charge in [0.05, 0.1) is 23.8 Å². The summed E-state index contributed by atoms with van der Waals surface area (Å²) in [5, 5.41) is 3.85. The minimum atomic E-state index is -5.01. The van der Waals surface area contributed by atoms with Crippen LogP contribution in [0.3, 0.4) is 0 Å². The zero-order valence-corrected chi connectivity index (χ0v) is 16.1. The van der Waals surface area contributed by atoms with Gasteiger partial charge in [0, 0.05) is 29.6 Å². The normalized spacial score (nSPS) is 12.7. The molecule has 0 bridgehead atoms. The molecule has 1 aromatic carbocycles. The van der Waals surface area contributed by atoms with Crippen molar-refractivity contribution < 1.29 is 35.9 Å². The summed E-state index contributed by atoms with van der Waals surface area (Å²) in [7, 11) is 1.39. The van der Waals surface area contributed by atoms with Crippen LogP contribution in [0.1, 0.15) is 16.7 Å². The SMILES string of the molecule is COc1ccc(/C(=C\n2cnc(-c3cc(C(F)(F)F)cc(C(F)(F)F)c3)n2)C(N)=O)cn1. The summed E-state index contributed by atoms with van der Waals surface area (Å²) < 4.78 is 84.3. The van der Waals surface area contributed by atoms with Crippen LogP contribution in [0.4, 0.5) is 26.3 Å². The molecule has 2 N–H and O–H groups in total. The number of benzene rings is 1. The third-order valence-electron chi connectivity index (χ3n) is 4.14. The van der Waals surface area contributed by atoms with Crippen LogP contribution in [-0.2, 0) is 17.1 Å². The summed E-state index contributed by atoms with van der Waals surface area (Å²) >= 11 is 0. The fourth-order valence-corrected chi connectivity index (χ4v) is 2.63. The molecule has 3 rings (SSSR count). The fraction of sp³-hybridized carbons (Fsp3) is 0.158. The largest absolute Gasteiger partial charge is 0.481 e. The second-order valence-corrected chi connectivity index (χ2v) is 6.34. The second kappa shape index (κ2) is 8.32. The van der Waals surface area contributed by atoms with E-state index in [4.69, 9.17) is 10.5 Å². The first-order valence-electron chi connectivity index (χ1n) is 8.61. The number of rotatable bonds is 5. The number of hydrogen-bond donors (Lipinski definition) is 1. The first-order valence-corrected chi connectivity index (χ1v) is 8.61. The zero-order chi connectivity index (χ0) is 23.7. The molecule has 0 fully saturated rings. The number of hydrogen-bond acceptors (Lipinski definition) is 5. The van der Waals surface area contributed by atoms with Gasteiger partial charge in [-0.1, -0.05) is 0 Å². The molecule has 0 unspecified atom stereocenters. The maximum atomic E-state index is 13.1. The van der Waals surface area contributed by atoms with Crippen LogP contribution in [0.2, 0.25) is 0 Å². The highest BCUT2D eigenvalue weighted by Crippen LogP contribution is 2.38. The molecule has 0 aliphatic carbocycles. The Hall–Kier alpha value is -3.90. The van der Waals surface area contributed by atoms with E-state index < -0.39 is 40.8 Å². The van der Waals surface area contributed by atoms with Crippen LogP contribution >= 0.6 is 0 Å². The van der Waals surface area contributed by atoms with E-state index in [2.05, 4.69) is 15.1 Å². The molecular weight excluding hydrogens is 444 g/mol. The summed E-state index contributed by atoms with van der Waals surface area (Å²) in [6.07, 6.45) is -6.63. The summed E-state index contributed by atoms with van der Waals surface area (Å²) in [5.41, 5.74) is 2.03. The van der Waals surface area contributed by atoms with Crippen molar-refractivity contribution in [2.75, 3.05) is 7.11 Å². The Morgan fingerprint density at radius 2 is 1.66 bits per heavy atom. The van der Waals surface area contributed by atoms with E-state index in [0.29, 0.717) is 12.1 Å². The topological polar surface area (TPSA) is 95.9 Å². The van der Waals surface area contributed by atoms with Gasteiger partial charge in [0.15, 0.2) is 5.82 Å². The number of nitrogens with zero attached hydrogens (tertiary/aromatic N) is 4. The summed E-state index contributed by atoms with van der Waals surface area (Å²) in [6, 6.07) is 3.94. The van der Waals surface area contributed by atoms with E-state index in [1.807, 2.05) is 0 Å². The van der Waals surface area contributed by atoms with Crippen molar-refractivity contribution in [3.05, 3.63) is 59.5 Å². The van der Waals surface area contributed by atoms with Gasteiger partial charge in [-0.25, -0.2) is 14.6 Å². The molecule has 0 radical (unpaired) electrons. The van der Waals surface area contributed by atoms with E-state index in [-0.39, 0.29) is 23.1 Å². The number of alkyl halides is 6. The van der Waals surface area contributed by atoms with Crippen LogP contribution in [0.5, 0.6) is 5.88 Å². The number of methoxy groups -OCH3 is 1.